The summed E-state index contributed by atoms with van der Waals surface area (Å²) in [7, 11) is 0. The zero-order chi connectivity index (χ0) is 21.8. The van der Waals surface area contributed by atoms with Gasteiger partial charge in [-0.25, -0.2) is 4.79 Å². The minimum Gasteiger partial charge on any atom is -0.477 e. The van der Waals surface area contributed by atoms with E-state index in [4.69, 9.17) is 0 Å². The molecule has 0 saturated heterocycles. The minimum absolute atomic E-state index is 0.0664. The lowest BCUT2D eigenvalue weighted by atomic mass is 10.1. The number of aromatic amines is 1. The number of hydrogen-bond acceptors (Lipinski definition) is 5. The van der Waals surface area contributed by atoms with Gasteiger partial charge in [-0.15, -0.1) is 0 Å². The smallest absolute Gasteiger partial charge is 0.353 e. The molecular weight excluding hydrogens is 414 g/mol. The SMILES string of the molecule is O=C(O)c1[nH]c2cc(CNCc3cccc([N+](=O)[O-])c3)ccc2c1Sc1ccccc1. The van der Waals surface area contributed by atoms with Crippen molar-refractivity contribution in [3.8, 4) is 0 Å². The van der Waals surface area contributed by atoms with Crippen molar-refractivity contribution in [2.24, 2.45) is 0 Å². The molecule has 0 fully saturated rings. The predicted octanol–water partition coefficient (Wildman–Crippen LogP) is 5.22. The number of nitrogens with zero attached hydrogens (tertiary/aromatic N) is 1. The maximum Gasteiger partial charge on any atom is 0.353 e. The molecule has 3 aromatic carbocycles. The van der Waals surface area contributed by atoms with E-state index in [1.54, 1.807) is 12.1 Å². The number of non-ortho nitro benzene ring substituents is 1. The number of fused-ring (bicyclic) bond motifs is 1. The maximum atomic E-state index is 11.8. The maximum absolute atomic E-state index is 11.8. The van der Waals surface area contributed by atoms with E-state index in [0.717, 1.165) is 26.9 Å². The van der Waals surface area contributed by atoms with E-state index in [1.165, 1.54) is 17.8 Å². The quantitative estimate of drug-likeness (QED) is 0.260. The number of carbonyl (C=O) groups is 1. The molecule has 8 heteroatoms. The third-order valence-electron chi connectivity index (χ3n) is 4.77. The standard InChI is InChI=1S/C23H19N3O4S/c27-23(28)21-22(31-18-7-2-1-3-8-18)19-10-9-16(12-20(19)25-21)14-24-13-15-5-4-6-17(11-15)26(29)30/h1-12,24-25H,13-14H2,(H,27,28). The van der Waals surface area contributed by atoms with Crippen molar-refractivity contribution in [2.45, 2.75) is 22.9 Å². The largest absolute Gasteiger partial charge is 0.477 e. The molecule has 1 aromatic heterocycles. The number of benzene rings is 3. The molecule has 0 amide bonds. The molecule has 156 valence electrons. The monoisotopic (exact) mass is 433 g/mol. The van der Waals surface area contributed by atoms with E-state index in [0.29, 0.717) is 18.0 Å². The molecule has 0 saturated carbocycles. The van der Waals surface area contributed by atoms with Gasteiger partial charge in [-0.05, 0) is 29.3 Å². The first kappa shape index (κ1) is 20.6. The van der Waals surface area contributed by atoms with Gasteiger partial charge in [-0.1, -0.05) is 54.2 Å². The van der Waals surface area contributed by atoms with Crippen LogP contribution in [0.4, 0.5) is 5.69 Å². The van der Waals surface area contributed by atoms with E-state index < -0.39 is 10.9 Å². The van der Waals surface area contributed by atoms with Crippen LogP contribution in [-0.4, -0.2) is 21.0 Å². The molecule has 0 spiro atoms. The summed E-state index contributed by atoms with van der Waals surface area (Å²) in [4.78, 5) is 26.9. The third-order valence-corrected chi connectivity index (χ3v) is 5.91. The van der Waals surface area contributed by atoms with Crippen LogP contribution in [0, 0.1) is 10.1 Å². The van der Waals surface area contributed by atoms with Gasteiger partial charge in [-0.3, -0.25) is 10.1 Å². The topological polar surface area (TPSA) is 108 Å². The van der Waals surface area contributed by atoms with E-state index in [9.17, 15) is 20.0 Å². The molecule has 0 aliphatic rings. The van der Waals surface area contributed by atoms with Gasteiger partial charge in [0.15, 0.2) is 0 Å². The Morgan fingerprint density at radius 3 is 2.45 bits per heavy atom. The summed E-state index contributed by atoms with van der Waals surface area (Å²) >= 11 is 1.42. The number of aromatic nitrogens is 1. The van der Waals surface area contributed by atoms with Gasteiger partial charge in [0.2, 0.25) is 0 Å². The molecule has 31 heavy (non-hydrogen) atoms. The van der Waals surface area contributed by atoms with Crippen LogP contribution >= 0.6 is 11.8 Å². The van der Waals surface area contributed by atoms with Gasteiger partial charge in [0.25, 0.3) is 5.69 Å². The Hall–Kier alpha value is -3.62. The minimum atomic E-state index is -1.00. The Kier molecular flexibility index (Phi) is 6.01. The number of hydrogen-bond donors (Lipinski definition) is 3. The van der Waals surface area contributed by atoms with Crippen molar-refractivity contribution in [2.75, 3.05) is 0 Å². The number of carboxylic acid groups (broad SMARTS) is 1. The van der Waals surface area contributed by atoms with Crippen LogP contribution in [0.15, 0.2) is 82.6 Å². The van der Waals surface area contributed by atoms with Crippen molar-refractivity contribution < 1.29 is 14.8 Å². The highest BCUT2D eigenvalue weighted by Crippen LogP contribution is 2.37. The number of carboxylic acids is 1. The van der Waals surface area contributed by atoms with E-state index in [1.807, 2.05) is 54.6 Å². The van der Waals surface area contributed by atoms with E-state index in [2.05, 4.69) is 10.3 Å². The lowest BCUT2D eigenvalue weighted by molar-refractivity contribution is -0.384. The Balaban J connectivity index is 1.52. The van der Waals surface area contributed by atoms with Crippen LogP contribution in [0.3, 0.4) is 0 Å². The van der Waals surface area contributed by atoms with Gasteiger partial charge in [0.05, 0.1) is 9.82 Å². The Bertz CT molecular complexity index is 1250. The van der Waals surface area contributed by atoms with Crippen LogP contribution in [0.2, 0.25) is 0 Å². The fourth-order valence-corrected chi connectivity index (χ4v) is 4.38. The van der Waals surface area contributed by atoms with Crippen molar-refractivity contribution >= 4 is 34.3 Å². The second-order valence-corrected chi connectivity index (χ2v) is 8.04. The summed E-state index contributed by atoms with van der Waals surface area (Å²) < 4.78 is 0. The van der Waals surface area contributed by atoms with Crippen molar-refractivity contribution in [3.05, 3.63) is 99.7 Å². The second kappa shape index (κ2) is 9.03. The average molecular weight is 433 g/mol. The van der Waals surface area contributed by atoms with Crippen LogP contribution in [-0.2, 0) is 13.1 Å². The Morgan fingerprint density at radius 2 is 1.74 bits per heavy atom. The first-order valence-electron chi connectivity index (χ1n) is 9.56. The number of aromatic carboxylic acids is 1. The van der Waals surface area contributed by atoms with Gasteiger partial charge < -0.3 is 15.4 Å². The van der Waals surface area contributed by atoms with E-state index >= 15 is 0 Å². The molecular formula is C23H19N3O4S. The molecule has 4 aromatic rings. The Labute approximate surface area is 182 Å². The number of nitro benzene ring substituents is 1. The number of H-pyrrole nitrogens is 1. The number of nitrogens with one attached hydrogen (secondary N) is 2. The van der Waals surface area contributed by atoms with Gasteiger partial charge in [0.1, 0.15) is 5.69 Å². The summed E-state index contributed by atoms with van der Waals surface area (Å²) in [5.41, 5.74) is 2.80. The second-order valence-electron chi connectivity index (χ2n) is 6.96. The van der Waals surface area contributed by atoms with Crippen LogP contribution < -0.4 is 5.32 Å². The predicted molar refractivity (Wildman–Crippen MR) is 119 cm³/mol. The van der Waals surface area contributed by atoms with Gasteiger partial charge in [0, 0.05) is 41.0 Å². The van der Waals surface area contributed by atoms with Crippen molar-refractivity contribution in [1.29, 1.82) is 0 Å². The highest BCUT2D eigenvalue weighted by Gasteiger charge is 2.18. The number of nitro groups is 1. The molecule has 3 N–H and O–H groups in total. The Morgan fingerprint density at radius 1 is 1.00 bits per heavy atom. The highest BCUT2D eigenvalue weighted by molar-refractivity contribution is 7.99. The summed E-state index contributed by atoms with van der Waals surface area (Å²) in [6.45, 7) is 1.03. The highest BCUT2D eigenvalue weighted by atomic mass is 32.2. The molecule has 0 aliphatic carbocycles. The lowest BCUT2D eigenvalue weighted by Crippen LogP contribution is -2.12. The number of rotatable bonds is 8. The summed E-state index contributed by atoms with van der Waals surface area (Å²) in [5.74, 6) is -1.00. The molecule has 0 atom stereocenters. The van der Waals surface area contributed by atoms with Crippen LogP contribution in [0.25, 0.3) is 10.9 Å². The molecule has 0 radical (unpaired) electrons. The zero-order valence-electron chi connectivity index (χ0n) is 16.4. The lowest BCUT2D eigenvalue weighted by Gasteiger charge is -2.06. The van der Waals surface area contributed by atoms with Gasteiger partial charge in [-0.2, -0.15) is 0 Å². The van der Waals surface area contributed by atoms with Gasteiger partial charge >= 0.3 is 5.97 Å². The molecule has 1 heterocycles. The summed E-state index contributed by atoms with van der Waals surface area (Å²) in [6, 6.07) is 22.0. The average Bonchev–Trinajstić information content (AvgIpc) is 3.12. The molecule has 4 rings (SSSR count). The molecule has 0 bridgehead atoms. The van der Waals surface area contributed by atoms with Crippen LogP contribution in [0.5, 0.6) is 0 Å². The van der Waals surface area contributed by atoms with Crippen molar-refractivity contribution in [1.82, 2.24) is 10.3 Å². The molecule has 0 aliphatic heterocycles. The third kappa shape index (κ3) is 4.76. The summed E-state index contributed by atoms with van der Waals surface area (Å²) in [5, 5.41) is 24.7. The molecule has 7 nitrogen and oxygen atoms in total. The summed E-state index contributed by atoms with van der Waals surface area (Å²) in [6.07, 6.45) is 0. The van der Waals surface area contributed by atoms with Crippen LogP contribution in [0.1, 0.15) is 21.6 Å². The normalized spacial score (nSPS) is 11.0. The fraction of sp³-hybridized carbons (Fsp3) is 0.0870. The first-order chi connectivity index (χ1) is 15.0. The van der Waals surface area contributed by atoms with Crippen molar-refractivity contribution in [3.63, 3.8) is 0 Å². The van der Waals surface area contributed by atoms with E-state index in [-0.39, 0.29) is 11.4 Å². The molecule has 0 unspecified atom stereocenters. The fourth-order valence-electron chi connectivity index (χ4n) is 3.32. The zero-order valence-corrected chi connectivity index (χ0v) is 17.2. The first-order valence-corrected chi connectivity index (χ1v) is 10.4.